The number of benzene rings is 10. The molecule has 2 fully saturated rings. The first-order chi connectivity index (χ1) is 54.4. The van der Waals surface area contributed by atoms with Gasteiger partial charge in [-0.1, -0.05) is 301 Å². The van der Waals surface area contributed by atoms with Gasteiger partial charge in [-0.2, -0.15) is 10.5 Å². The van der Waals surface area contributed by atoms with E-state index in [1.165, 1.54) is 248 Å². The fraction of sp³-hybridized carbons (Fsp3) is 0.442. The molecule has 2 aliphatic carbocycles. The molecule has 12 rings (SSSR count). The van der Waals surface area contributed by atoms with Crippen LogP contribution in [0, 0.1) is 34.5 Å². The molecule has 0 amide bonds. The standard InChI is InChI=1S/C104H124N2O4/c1-3-5-23-29-79-31-39-83(40-32-79)87-47-51-91(52-48-87)93-59-67-99-95(75-93)61-69-101(109-73-27-21-17-13-9-7-11-15-19-25-71-107-97-63-55-89(56-64-97)85-43-35-81(77-105)36-44-85)103(99)104-100-68-60-94(92-53-49-88(50-54-92)84-41-33-80(34-42-84)30-24-6-4-2)76-96(100)62-70-102(104)110-74-28-22-18-14-10-8-12-16-20-26-72-108-98-65-57-90(58-66-98)86-45-37-82(78-106)38-46-86/h35-38,43-70,75-76,79-80,83-84H,3-34,39-42,71-74H2,1-2H3. The van der Waals surface area contributed by atoms with Gasteiger partial charge in [-0.3, -0.25) is 0 Å². The minimum Gasteiger partial charge on any atom is -0.494 e. The average molecular weight is 1470 g/mol. The van der Waals surface area contributed by atoms with E-state index in [0.29, 0.717) is 36.2 Å². The average Bonchev–Trinajstić information content (AvgIpc) is 0.744. The van der Waals surface area contributed by atoms with Crippen molar-refractivity contribution in [3.63, 3.8) is 0 Å². The van der Waals surface area contributed by atoms with Gasteiger partial charge >= 0.3 is 0 Å². The molecule has 0 aromatic heterocycles. The third-order valence-electron chi connectivity index (χ3n) is 24.3. The maximum absolute atomic E-state index is 9.17. The Labute approximate surface area is 661 Å². The zero-order valence-corrected chi connectivity index (χ0v) is 66.8. The predicted molar refractivity (Wildman–Crippen MR) is 463 cm³/mol. The number of hydrogen-bond donors (Lipinski definition) is 0. The topological polar surface area (TPSA) is 84.5 Å². The van der Waals surface area contributed by atoms with Crippen molar-refractivity contribution in [1.82, 2.24) is 0 Å². The second kappa shape index (κ2) is 44.1. The van der Waals surface area contributed by atoms with Crippen molar-refractivity contribution in [2.24, 2.45) is 11.8 Å². The summed E-state index contributed by atoms with van der Waals surface area (Å²) in [7, 11) is 0. The van der Waals surface area contributed by atoms with E-state index in [4.69, 9.17) is 29.5 Å². The normalized spacial score (nSPS) is 15.7. The Morgan fingerprint density at radius 1 is 0.273 bits per heavy atom. The first kappa shape index (κ1) is 80.4. The van der Waals surface area contributed by atoms with Gasteiger partial charge in [-0.05, 0) is 251 Å². The molecule has 0 N–H and O–H groups in total. The smallest absolute Gasteiger partial charge is 0.127 e. The van der Waals surface area contributed by atoms with Crippen molar-refractivity contribution >= 4 is 21.5 Å². The molecular weight excluding hydrogens is 1340 g/mol. The van der Waals surface area contributed by atoms with Crippen molar-refractivity contribution in [2.75, 3.05) is 26.4 Å². The van der Waals surface area contributed by atoms with Crippen LogP contribution in [-0.2, 0) is 0 Å². The van der Waals surface area contributed by atoms with E-state index < -0.39 is 0 Å². The number of fused-ring (bicyclic) bond motifs is 2. The molecule has 0 aliphatic heterocycles. The quantitative estimate of drug-likeness (QED) is 0.0354. The van der Waals surface area contributed by atoms with E-state index in [0.717, 1.165) is 120 Å². The lowest BCUT2D eigenvalue weighted by molar-refractivity contribution is 0.301. The van der Waals surface area contributed by atoms with Crippen LogP contribution in [0.3, 0.4) is 0 Å². The minimum absolute atomic E-state index is 0.668. The monoisotopic (exact) mass is 1460 g/mol. The highest BCUT2D eigenvalue weighted by Gasteiger charge is 2.26. The summed E-state index contributed by atoms with van der Waals surface area (Å²) < 4.78 is 26.5. The van der Waals surface area contributed by atoms with Gasteiger partial charge in [0.05, 0.1) is 49.7 Å². The molecule has 2 saturated carbocycles. The Kier molecular flexibility index (Phi) is 32.2. The Bertz CT molecular complexity index is 4140. The Morgan fingerprint density at radius 2 is 0.555 bits per heavy atom. The summed E-state index contributed by atoms with van der Waals surface area (Å²) in [4.78, 5) is 0. The van der Waals surface area contributed by atoms with Crippen molar-refractivity contribution in [3.8, 4) is 90.8 Å². The van der Waals surface area contributed by atoms with Gasteiger partial charge in [0.25, 0.3) is 0 Å². The van der Waals surface area contributed by atoms with Gasteiger partial charge in [-0.25, -0.2) is 0 Å². The van der Waals surface area contributed by atoms with Gasteiger partial charge in [0, 0.05) is 11.1 Å². The lowest BCUT2D eigenvalue weighted by Gasteiger charge is -2.29. The van der Waals surface area contributed by atoms with E-state index in [1.54, 1.807) is 0 Å². The molecule has 10 aromatic rings. The van der Waals surface area contributed by atoms with E-state index in [-0.39, 0.29) is 0 Å². The molecule has 0 saturated heterocycles. The number of hydrogen-bond acceptors (Lipinski definition) is 6. The van der Waals surface area contributed by atoms with Crippen molar-refractivity contribution in [2.45, 2.75) is 257 Å². The molecule has 6 heteroatoms. The first-order valence-electron chi connectivity index (χ1n) is 43.5. The third kappa shape index (κ3) is 24.0. The summed E-state index contributed by atoms with van der Waals surface area (Å²) in [6.45, 7) is 7.47. The Morgan fingerprint density at radius 3 is 0.873 bits per heavy atom. The van der Waals surface area contributed by atoms with Gasteiger partial charge in [0.1, 0.15) is 23.0 Å². The molecule has 6 nitrogen and oxygen atoms in total. The summed E-state index contributed by atoms with van der Waals surface area (Å²) >= 11 is 0. The van der Waals surface area contributed by atoms with Crippen LogP contribution < -0.4 is 18.9 Å². The van der Waals surface area contributed by atoms with E-state index in [2.05, 4.69) is 184 Å². The summed E-state index contributed by atoms with van der Waals surface area (Å²) in [5.41, 5.74) is 16.1. The van der Waals surface area contributed by atoms with Gasteiger partial charge in [0.2, 0.25) is 0 Å². The summed E-state index contributed by atoms with van der Waals surface area (Å²) in [5, 5.41) is 23.2. The van der Waals surface area contributed by atoms with Crippen LogP contribution in [0.4, 0.5) is 0 Å². The first-order valence-corrected chi connectivity index (χ1v) is 43.5. The van der Waals surface area contributed by atoms with Crippen molar-refractivity contribution < 1.29 is 18.9 Å². The van der Waals surface area contributed by atoms with E-state index >= 15 is 0 Å². The van der Waals surface area contributed by atoms with Gasteiger partial charge in [-0.15, -0.1) is 0 Å². The third-order valence-corrected chi connectivity index (χ3v) is 24.3. The molecule has 0 spiro atoms. The van der Waals surface area contributed by atoms with Crippen LogP contribution >= 0.6 is 0 Å². The molecule has 110 heavy (non-hydrogen) atoms. The molecule has 2 aliphatic rings. The summed E-state index contributed by atoms with van der Waals surface area (Å²) in [6, 6.07) is 79.2. The molecular formula is C104H124N2O4. The van der Waals surface area contributed by atoms with Crippen LogP contribution in [0.2, 0.25) is 0 Å². The fourth-order valence-electron chi connectivity index (χ4n) is 17.5. The van der Waals surface area contributed by atoms with E-state index in [1.807, 2.05) is 48.5 Å². The lowest BCUT2D eigenvalue weighted by atomic mass is 9.77. The Hall–Kier alpha value is -9.10. The molecule has 0 radical (unpaired) electrons. The summed E-state index contributed by atoms with van der Waals surface area (Å²) in [6.07, 6.45) is 45.7. The number of rotatable bonds is 45. The second-order valence-corrected chi connectivity index (χ2v) is 32.3. The zero-order chi connectivity index (χ0) is 75.6. The molecule has 10 aromatic carbocycles. The molecule has 0 heterocycles. The van der Waals surface area contributed by atoms with E-state index in [9.17, 15) is 0 Å². The number of nitrogens with zero attached hydrogens (tertiary/aromatic N) is 2. The number of ether oxygens (including phenoxy) is 4. The maximum atomic E-state index is 9.17. The Balaban J connectivity index is 0.682. The van der Waals surface area contributed by atoms with Crippen molar-refractivity contribution in [1.29, 1.82) is 10.5 Å². The SMILES string of the molecule is CCCCCC1CCC(c2ccc(-c3ccc4c(-c5c(OCCCCCCCCCCCCOc6ccc(-c7ccc(C#N)cc7)cc6)ccc6cc(-c7ccc(C8CCC(CCCCC)CC8)cc7)ccc56)c(OCCCCCCCCCCCCOc5ccc(-c6ccc(C#N)cc6)cc5)ccc4c3)cc2)CC1. The van der Waals surface area contributed by atoms with Crippen LogP contribution in [0.5, 0.6) is 23.0 Å². The van der Waals surface area contributed by atoms with Crippen LogP contribution in [-0.4, -0.2) is 26.4 Å². The highest BCUT2D eigenvalue weighted by atomic mass is 16.5. The fourth-order valence-corrected chi connectivity index (χ4v) is 17.5. The van der Waals surface area contributed by atoms with Crippen LogP contribution in [0.25, 0.3) is 77.2 Å². The predicted octanol–water partition coefficient (Wildman–Crippen LogP) is 30.5. The maximum Gasteiger partial charge on any atom is 0.127 e. The zero-order valence-electron chi connectivity index (χ0n) is 66.8. The number of nitriles is 2. The lowest BCUT2D eigenvalue weighted by Crippen LogP contribution is -2.13. The minimum atomic E-state index is 0.668. The summed E-state index contributed by atoms with van der Waals surface area (Å²) in [5.74, 6) is 6.84. The van der Waals surface area contributed by atoms with Gasteiger partial charge in [0.15, 0.2) is 0 Å². The van der Waals surface area contributed by atoms with Crippen molar-refractivity contribution in [3.05, 3.63) is 229 Å². The molecule has 0 bridgehead atoms. The van der Waals surface area contributed by atoms with Crippen LogP contribution in [0.15, 0.2) is 206 Å². The van der Waals surface area contributed by atoms with Gasteiger partial charge < -0.3 is 18.9 Å². The molecule has 0 atom stereocenters. The highest BCUT2D eigenvalue weighted by Crippen LogP contribution is 2.48. The van der Waals surface area contributed by atoms with Crippen LogP contribution in [0.1, 0.15) is 279 Å². The highest BCUT2D eigenvalue weighted by molar-refractivity contribution is 6.11. The molecule has 0 unspecified atom stereocenters. The largest absolute Gasteiger partial charge is 0.494 e. The molecule has 574 valence electrons. The second-order valence-electron chi connectivity index (χ2n) is 32.3. The number of unbranched alkanes of at least 4 members (excludes halogenated alkanes) is 22.